The summed E-state index contributed by atoms with van der Waals surface area (Å²) in [5.41, 5.74) is 0. The minimum atomic E-state index is -5.18. The SMILES string of the molecule is CC(C)CC(C)C(C(=O)O)C(C(=O)O)(C(C)CC(C)C)S(=O)(=O)O.[NaH]. The molecule has 4 unspecified atom stereocenters. The van der Waals surface area contributed by atoms with Gasteiger partial charge in [-0.3, -0.25) is 14.1 Å². The van der Waals surface area contributed by atoms with Crippen LogP contribution in [-0.2, 0) is 19.7 Å². The van der Waals surface area contributed by atoms with Crippen LogP contribution in [0.2, 0.25) is 0 Å². The Hall–Kier alpha value is -0.150. The number of hydrogen-bond donors (Lipinski definition) is 3. The van der Waals surface area contributed by atoms with E-state index >= 15 is 0 Å². The molecule has 4 atom stereocenters. The molecule has 144 valence electrons. The summed E-state index contributed by atoms with van der Waals surface area (Å²) in [5, 5.41) is 19.4. The molecular formula is C16H31NaO7S. The summed E-state index contributed by atoms with van der Waals surface area (Å²) < 4.78 is 31.4. The van der Waals surface area contributed by atoms with Crippen molar-refractivity contribution in [3.8, 4) is 0 Å². The predicted octanol–water partition coefficient (Wildman–Crippen LogP) is 2.11. The van der Waals surface area contributed by atoms with Crippen molar-refractivity contribution in [3.63, 3.8) is 0 Å². The van der Waals surface area contributed by atoms with Crippen molar-refractivity contribution >= 4 is 51.6 Å². The van der Waals surface area contributed by atoms with Gasteiger partial charge in [-0.1, -0.05) is 41.5 Å². The van der Waals surface area contributed by atoms with Gasteiger partial charge in [0.15, 0.2) is 0 Å². The molecule has 0 spiro atoms. The molecule has 0 rings (SSSR count). The van der Waals surface area contributed by atoms with Crippen molar-refractivity contribution in [1.82, 2.24) is 0 Å². The van der Waals surface area contributed by atoms with Crippen LogP contribution in [0.3, 0.4) is 0 Å². The van der Waals surface area contributed by atoms with Gasteiger partial charge in [-0.25, -0.2) is 0 Å². The second-order valence-corrected chi connectivity index (χ2v) is 9.15. The van der Waals surface area contributed by atoms with Crippen LogP contribution >= 0.6 is 0 Å². The topological polar surface area (TPSA) is 129 Å². The van der Waals surface area contributed by atoms with E-state index in [-0.39, 0.29) is 47.8 Å². The van der Waals surface area contributed by atoms with Crippen LogP contribution in [0, 0.1) is 29.6 Å². The van der Waals surface area contributed by atoms with Gasteiger partial charge in [0, 0.05) is 0 Å². The van der Waals surface area contributed by atoms with Crippen LogP contribution in [0.25, 0.3) is 0 Å². The Balaban J connectivity index is 0. The van der Waals surface area contributed by atoms with E-state index in [0.29, 0.717) is 6.42 Å². The maximum atomic E-state index is 12.2. The molecule has 0 aliphatic heterocycles. The Morgan fingerprint density at radius 1 is 0.920 bits per heavy atom. The first-order valence-electron chi connectivity index (χ1n) is 8.12. The summed E-state index contributed by atoms with van der Waals surface area (Å²) in [7, 11) is -5.18. The number of hydrogen-bond acceptors (Lipinski definition) is 4. The molecule has 0 aliphatic carbocycles. The molecule has 0 amide bonds. The third-order valence-electron chi connectivity index (χ3n) is 4.46. The molecule has 7 nitrogen and oxygen atoms in total. The molecule has 0 saturated heterocycles. The molecular weight excluding hydrogens is 359 g/mol. The Morgan fingerprint density at radius 2 is 1.32 bits per heavy atom. The summed E-state index contributed by atoms with van der Waals surface area (Å²) in [5.74, 6) is -6.91. The van der Waals surface area contributed by atoms with Crippen LogP contribution in [0.4, 0.5) is 0 Å². The summed E-state index contributed by atoms with van der Waals surface area (Å²) in [4.78, 5) is 23.9. The van der Waals surface area contributed by atoms with Gasteiger partial charge in [0.25, 0.3) is 10.1 Å². The molecule has 0 heterocycles. The number of rotatable bonds is 10. The van der Waals surface area contributed by atoms with E-state index in [2.05, 4.69) is 0 Å². The fraction of sp³-hybridized carbons (Fsp3) is 0.875. The van der Waals surface area contributed by atoms with Gasteiger partial charge < -0.3 is 10.2 Å². The van der Waals surface area contributed by atoms with Crippen LogP contribution in [-0.4, -0.2) is 69.4 Å². The Bertz CT molecular complexity index is 559. The molecule has 25 heavy (non-hydrogen) atoms. The molecule has 0 aromatic carbocycles. The molecule has 0 aromatic rings. The van der Waals surface area contributed by atoms with E-state index in [4.69, 9.17) is 0 Å². The van der Waals surface area contributed by atoms with Gasteiger partial charge in [0.2, 0.25) is 4.75 Å². The van der Waals surface area contributed by atoms with E-state index in [9.17, 15) is 32.8 Å². The van der Waals surface area contributed by atoms with Crippen LogP contribution in [0.15, 0.2) is 0 Å². The Morgan fingerprint density at radius 3 is 1.56 bits per heavy atom. The molecule has 0 fully saturated rings. The molecule has 0 bridgehead atoms. The van der Waals surface area contributed by atoms with Crippen molar-refractivity contribution in [3.05, 3.63) is 0 Å². The fourth-order valence-corrected chi connectivity index (χ4v) is 5.27. The van der Waals surface area contributed by atoms with E-state index in [1.54, 1.807) is 13.8 Å². The van der Waals surface area contributed by atoms with Gasteiger partial charge in [-0.05, 0) is 36.5 Å². The quantitative estimate of drug-likeness (QED) is 0.385. The van der Waals surface area contributed by atoms with Crippen LogP contribution in [0.5, 0.6) is 0 Å². The zero-order valence-corrected chi connectivity index (χ0v) is 16.0. The molecule has 9 heteroatoms. The molecule has 0 aromatic heterocycles. The standard InChI is InChI=1S/C16H30O7S.Na.H/c1-9(2)7-11(5)13(14(17)18)16(15(19)20,24(21,22)23)12(6)8-10(3)4;;/h9-13H,7-8H2,1-6H3,(H,17,18)(H,19,20)(H,21,22,23);;. The van der Waals surface area contributed by atoms with E-state index in [1.807, 2.05) is 13.8 Å². The van der Waals surface area contributed by atoms with Gasteiger partial charge in [0.1, 0.15) is 0 Å². The number of carboxylic acids is 2. The van der Waals surface area contributed by atoms with Crippen molar-refractivity contribution in [2.75, 3.05) is 0 Å². The Kier molecular flexibility index (Phi) is 11.1. The van der Waals surface area contributed by atoms with Crippen molar-refractivity contribution in [2.24, 2.45) is 29.6 Å². The van der Waals surface area contributed by atoms with Gasteiger partial charge in [0.05, 0.1) is 5.92 Å². The maximum absolute atomic E-state index is 12.2. The second kappa shape index (κ2) is 10.3. The summed E-state index contributed by atoms with van der Waals surface area (Å²) >= 11 is 0. The average molecular weight is 390 g/mol. The molecule has 0 aliphatic rings. The van der Waals surface area contributed by atoms with Crippen molar-refractivity contribution < 1.29 is 32.8 Å². The van der Waals surface area contributed by atoms with E-state index < -0.39 is 44.6 Å². The average Bonchev–Trinajstić information content (AvgIpc) is 2.30. The normalized spacial score (nSPS) is 18.1. The monoisotopic (exact) mass is 390 g/mol. The number of carbonyl (C=O) groups is 2. The fourth-order valence-electron chi connectivity index (χ4n) is 3.79. The summed E-state index contributed by atoms with van der Waals surface area (Å²) in [6.45, 7) is 10.1. The summed E-state index contributed by atoms with van der Waals surface area (Å²) in [6, 6.07) is 0. The molecule has 0 saturated carbocycles. The molecule has 0 radical (unpaired) electrons. The van der Waals surface area contributed by atoms with E-state index in [1.165, 1.54) is 13.8 Å². The van der Waals surface area contributed by atoms with Crippen molar-refractivity contribution in [1.29, 1.82) is 0 Å². The zero-order chi connectivity index (χ0) is 19.5. The summed E-state index contributed by atoms with van der Waals surface area (Å²) in [6.07, 6.45) is 0.486. The van der Waals surface area contributed by atoms with Gasteiger partial charge in [-0.15, -0.1) is 0 Å². The van der Waals surface area contributed by atoms with Crippen molar-refractivity contribution in [2.45, 2.75) is 59.1 Å². The third-order valence-corrected chi connectivity index (χ3v) is 6.14. The first-order valence-corrected chi connectivity index (χ1v) is 9.56. The van der Waals surface area contributed by atoms with Crippen LogP contribution in [0.1, 0.15) is 54.4 Å². The minimum absolute atomic E-state index is 0. The van der Waals surface area contributed by atoms with Gasteiger partial charge >= 0.3 is 41.5 Å². The zero-order valence-electron chi connectivity index (χ0n) is 15.2. The first-order chi connectivity index (χ1) is 10.7. The second-order valence-electron chi connectivity index (χ2n) is 7.53. The van der Waals surface area contributed by atoms with Gasteiger partial charge in [-0.2, -0.15) is 8.42 Å². The molecule has 3 N–H and O–H groups in total. The Labute approximate surface area is 172 Å². The number of carboxylic acid groups (broad SMARTS) is 2. The third kappa shape index (κ3) is 6.20. The first kappa shape index (κ1) is 27.1. The predicted molar refractivity (Wildman–Crippen MR) is 97.4 cm³/mol. The number of aliphatic carboxylic acids is 2. The van der Waals surface area contributed by atoms with E-state index in [0.717, 1.165) is 0 Å². The van der Waals surface area contributed by atoms with Crippen LogP contribution < -0.4 is 0 Å².